The van der Waals surface area contributed by atoms with E-state index in [-0.39, 0.29) is 6.42 Å². The molecule has 1 N–H and O–H groups in total. The van der Waals surface area contributed by atoms with Crippen LogP contribution in [0.5, 0.6) is 0 Å². The van der Waals surface area contributed by atoms with E-state index in [9.17, 15) is 18.0 Å². The van der Waals surface area contributed by atoms with Crippen LogP contribution in [0.1, 0.15) is 36.0 Å². The zero-order chi connectivity index (χ0) is 18.7. The first kappa shape index (κ1) is 18.8. The highest BCUT2D eigenvalue weighted by Gasteiger charge is 2.46. The van der Waals surface area contributed by atoms with E-state index in [0.717, 1.165) is 10.8 Å². The molecule has 3 rings (SSSR count). The van der Waals surface area contributed by atoms with Crippen molar-refractivity contribution in [2.45, 2.75) is 43.1 Å². The summed E-state index contributed by atoms with van der Waals surface area (Å²) in [6.07, 6.45) is 2.72. The van der Waals surface area contributed by atoms with Crippen molar-refractivity contribution in [3.05, 3.63) is 42.2 Å². The Balaban J connectivity index is 1.79. The van der Waals surface area contributed by atoms with Gasteiger partial charge in [0.05, 0.1) is 5.92 Å². The van der Waals surface area contributed by atoms with E-state index in [2.05, 4.69) is 10.3 Å². The molecule has 0 aliphatic heterocycles. The van der Waals surface area contributed by atoms with Gasteiger partial charge in [0.2, 0.25) is 0 Å². The van der Waals surface area contributed by atoms with Crippen LogP contribution >= 0.6 is 11.8 Å². The standard InChI is InChI=1S/C18H20F3N3OS/c1-26-17-22-9-10-24(17)13-6-4-5-12(11-13)16(25)23-15-8-3-2-7-14(15)18(19,20)21/h4-6,9-11,14-15H,2-3,7-8H2,1H3,(H,23,25)/t14-,15+/m1/s1. The maximum atomic E-state index is 13.2. The molecule has 0 saturated heterocycles. The Morgan fingerprint density at radius 1 is 1.31 bits per heavy atom. The molecule has 4 nitrogen and oxygen atoms in total. The number of benzene rings is 1. The summed E-state index contributed by atoms with van der Waals surface area (Å²) in [5.74, 6) is -1.95. The quantitative estimate of drug-likeness (QED) is 0.794. The van der Waals surface area contributed by atoms with Gasteiger partial charge in [-0.2, -0.15) is 13.2 Å². The average Bonchev–Trinajstić information content (AvgIpc) is 3.10. The molecule has 2 atom stereocenters. The van der Waals surface area contributed by atoms with Gasteiger partial charge in [-0.15, -0.1) is 0 Å². The largest absolute Gasteiger partial charge is 0.393 e. The predicted octanol–water partition coefficient (Wildman–Crippen LogP) is 4.45. The fraction of sp³-hybridized carbons (Fsp3) is 0.444. The lowest BCUT2D eigenvalue weighted by molar-refractivity contribution is -0.187. The lowest BCUT2D eigenvalue weighted by Crippen LogP contribution is -2.47. The Morgan fingerprint density at radius 3 is 2.81 bits per heavy atom. The smallest absolute Gasteiger partial charge is 0.349 e. The van der Waals surface area contributed by atoms with Crippen molar-refractivity contribution >= 4 is 17.7 Å². The van der Waals surface area contributed by atoms with Crippen LogP contribution in [0.2, 0.25) is 0 Å². The third kappa shape index (κ3) is 4.06. The van der Waals surface area contributed by atoms with E-state index in [0.29, 0.717) is 24.8 Å². The fourth-order valence-electron chi connectivity index (χ4n) is 3.38. The average molecular weight is 383 g/mol. The summed E-state index contributed by atoms with van der Waals surface area (Å²) in [7, 11) is 0. The van der Waals surface area contributed by atoms with Gasteiger partial charge in [-0.3, -0.25) is 9.36 Å². The highest BCUT2D eigenvalue weighted by atomic mass is 32.2. The van der Waals surface area contributed by atoms with Crippen LogP contribution in [0.25, 0.3) is 5.69 Å². The number of halogens is 3. The van der Waals surface area contributed by atoms with Gasteiger partial charge < -0.3 is 5.32 Å². The molecule has 0 unspecified atom stereocenters. The summed E-state index contributed by atoms with van der Waals surface area (Å²) in [6, 6.07) is 5.96. The van der Waals surface area contributed by atoms with Crippen LogP contribution in [0, 0.1) is 5.92 Å². The Labute approximate surface area is 154 Å². The van der Waals surface area contributed by atoms with E-state index in [1.807, 2.05) is 16.9 Å². The van der Waals surface area contributed by atoms with Gasteiger partial charge in [0, 0.05) is 29.7 Å². The summed E-state index contributed by atoms with van der Waals surface area (Å²) in [5, 5.41) is 3.37. The number of hydrogen-bond donors (Lipinski definition) is 1. The fourth-order valence-corrected chi connectivity index (χ4v) is 3.91. The first-order valence-electron chi connectivity index (χ1n) is 8.45. The second-order valence-corrected chi connectivity index (χ2v) is 7.12. The number of aromatic nitrogens is 2. The first-order chi connectivity index (χ1) is 12.4. The second kappa shape index (κ2) is 7.73. The van der Waals surface area contributed by atoms with Crippen molar-refractivity contribution < 1.29 is 18.0 Å². The summed E-state index contributed by atoms with van der Waals surface area (Å²) < 4.78 is 41.5. The molecule has 0 bridgehead atoms. The van der Waals surface area contributed by atoms with E-state index in [4.69, 9.17) is 0 Å². The summed E-state index contributed by atoms with van der Waals surface area (Å²) >= 11 is 1.47. The summed E-state index contributed by atoms with van der Waals surface area (Å²) in [4.78, 5) is 16.8. The molecule has 1 aliphatic carbocycles. The molecule has 140 valence electrons. The van der Waals surface area contributed by atoms with E-state index >= 15 is 0 Å². The Kier molecular flexibility index (Phi) is 5.60. The summed E-state index contributed by atoms with van der Waals surface area (Å²) in [5.41, 5.74) is 1.09. The number of thioether (sulfide) groups is 1. The highest BCUT2D eigenvalue weighted by Crippen LogP contribution is 2.37. The number of amides is 1. The molecule has 1 aliphatic rings. The molecular weight excluding hydrogens is 363 g/mol. The van der Waals surface area contributed by atoms with Crippen LogP contribution in [-0.4, -0.2) is 33.9 Å². The molecule has 26 heavy (non-hydrogen) atoms. The van der Waals surface area contributed by atoms with Crippen molar-refractivity contribution in [2.75, 3.05) is 6.26 Å². The lowest BCUT2D eigenvalue weighted by Gasteiger charge is -2.33. The van der Waals surface area contributed by atoms with Gasteiger partial charge in [0.1, 0.15) is 0 Å². The van der Waals surface area contributed by atoms with Crippen molar-refractivity contribution in [2.24, 2.45) is 5.92 Å². The van der Waals surface area contributed by atoms with Crippen molar-refractivity contribution in [1.82, 2.24) is 14.9 Å². The van der Waals surface area contributed by atoms with Gasteiger partial charge in [-0.05, 0) is 37.3 Å². The molecule has 2 aromatic rings. The summed E-state index contributed by atoms with van der Waals surface area (Å²) in [6.45, 7) is 0. The minimum Gasteiger partial charge on any atom is -0.349 e. The van der Waals surface area contributed by atoms with Gasteiger partial charge in [-0.25, -0.2) is 4.98 Å². The Hall–Kier alpha value is -1.96. The number of carbonyl (C=O) groups excluding carboxylic acids is 1. The predicted molar refractivity (Wildman–Crippen MR) is 94.6 cm³/mol. The zero-order valence-corrected chi connectivity index (χ0v) is 15.1. The van der Waals surface area contributed by atoms with Crippen molar-refractivity contribution in [1.29, 1.82) is 0 Å². The lowest BCUT2D eigenvalue weighted by atomic mass is 9.84. The Morgan fingerprint density at radius 2 is 2.08 bits per heavy atom. The van der Waals surface area contributed by atoms with E-state index < -0.39 is 24.0 Å². The maximum absolute atomic E-state index is 13.2. The number of imidazole rings is 1. The van der Waals surface area contributed by atoms with E-state index in [1.54, 1.807) is 30.6 Å². The number of hydrogen-bond acceptors (Lipinski definition) is 3. The number of nitrogens with zero attached hydrogens (tertiary/aromatic N) is 2. The SMILES string of the molecule is CSc1nccn1-c1cccc(C(=O)N[C@H]2CCCC[C@H]2C(F)(F)F)c1. The van der Waals surface area contributed by atoms with E-state index in [1.165, 1.54) is 11.8 Å². The van der Waals surface area contributed by atoms with Crippen LogP contribution in [-0.2, 0) is 0 Å². The molecular formula is C18H20F3N3OS. The van der Waals surface area contributed by atoms with Crippen LogP contribution < -0.4 is 5.32 Å². The monoisotopic (exact) mass is 383 g/mol. The minimum absolute atomic E-state index is 0.0700. The number of rotatable bonds is 4. The van der Waals surface area contributed by atoms with Gasteiger partial charge in [-0.1, -0.05) is 30.7 Å². The van der Waals surface area contributed by atoms with Gasteiger partial charge in [0.15, 0.2) is 5.16 Å². The molecule has 0 radical (unpaired) electrons. The van der Waals surface area contributed by atoms with Crippen molar-refractivity contribution in [3.8, 4) is 5.69 Å². The third-order valence-corrected chi connectivity index (χ3v) is 5.35. The topological polar surface area (TPSA) is 46.9 Å². The van der Waals surface area contributed by atoms with Crippen LogP contribution in [0.3, 0.4) is 0 Å². The molecule has 1 heterocycles. The minimum atomic E-state index is -4.29. The van der Waals surface area contributed by atoms with Crippen LogP contribution in [0.15, 0.2) is 41.8 Å². The van der Waals surface area contributed by atoms with Crippen molar-refractivity contribution in [3.63, 3.8) is 0 Å². The Bertz CT molecular complexity index is 775. The molecule has 0 spiro atoms. The zero-order valence-electron chi connectivity index (χ0n) is 14.3. The molecule has 1 aromatic carbocycles. The van der Waals surface area contributed by atoms with Gasteiger partial charge in [0.25, 0.3) is 5.91 Å². The number of alkyl halides is 3. The number of nitrogens with one attached hydrogen (secondary N) is 1. The maximum Gasteiger partial charge on any atom is 0.393 e. The number of carbonyl (C=O) groups is 1. The second-order valence-electron chi connectivity index (χ2n) is 6.35. The van der Waals surface area contributed by atoms with Gasteiger partial charge >= 0.3 is 6.18 Å². The molecule has 1 saturated carbocycles. The molecule has 1 fully saturated rings. The first-order valence-corrected chi connectivity index (χ1v) is 9.68. The molecule has 1 amide bonds. The highest BCUT2D eigenvalue weighted by molar-refractivity contribution is 7.98. The molecule has 1 aromatic heterocycles. The normalized spacial score (nSPS) is 20.8. The molecule has 8 heteroatoms. The van der Waals surface area contributed by atoms with Crippen LogP contribution in [0.4, 0.5) is 13.2 Å². The third-order valence-electron chi connectivity index (χ3n) is 4.68.